The summed E-state index contributed by atoms with van der Waals surface area (Å²) in [5, 5.41) is 10.2. The van der Waals surface area contributed by atoms with Gasteiger partial charge < -0.3 is 14.6 Å². The monoisotopic (exact) mass is 520 g/mol. The largest absolute Gasteiger partial charge is 0.497 e. The summed E-state index contributed by atoms with van der Waals surface area (Å²) in [5.41, 5.74) is 1.19. The second-order valence-corrected chi connectivity index (χ2v) is 9.16. The second kappa shape index (κ2) is 11.8. The summed E-state index contributed by atoms with van der Waals surface area (Å²) in [5.74, 6) is -5.47. The maximum atomic E-state index is 14.7. The van der Waals surface area contributed by atoms with Crippen molar-refractivity contribution in [3.63, 3.8) is 0 Å². The molecule has 1 fully saturated rings. The molecular formula is C27H28F4N2O4. The first-order chi connectivity index (χ1) is 17.8. The Morgan fingerprint density at radius 1 is 1.11 bits per heavy atom. The molecular weight excluding hydrogens is 492 g/mol. The zero-order chi connectivity index (χ0) is 26.5. The van der Waals surface area contributed by atoms with Crippen molar-refractivity contribution in [3.05, 3.63) is 65.4 Å². The fraction of sp³-hybridized carbons (Fsp3) is 0.407. The number of aliphatic carboxylic acids is 1. The Balaban J connectivity index is 1.41. The molecule has 2 unspecified atom stereocenters. The van der Waals surface area contributed by atoms with Crippen LogP contribution < -0.4 is 9.47 Å². The van der Waals surface area contributed by atoms with Crippen LogP contribution in [0.5, 0.6) is 11.5 Å². The number of aryl methyl sites for hydroxylation is 1. The Labute approximate surface area is 211 Å². The lowest BCUT2D eigenvalue weighted by Crippen LogP contribution is -2.46. The molecule has 2 atom stereocenters. The zero-order valence-corrected chi connectivity index (χ0v) is 20.4. The number of pyridine rings is 1. The van der Waals surface area contributed by atoms with Crippen molar-refractivity contribution in [2.24, 2.45) is 5.92 Å². The number of halogens is 4. The van der Waals surface area contributed by atoms with Crippen LogP contribution in [-0.4, -0.2) is 53.8 Å². The fourth-order valence-corrected chi connectivity index (χ4v) is 4.91. The molecule has 0 amide bonds. The minimum absolute atomic E-state index is 0.0855. The number of carbonyl (C=O) groups is 1. The van der Waals surface area contributed by atoms with Gasteiger partial charge in [-0.1, -0.05) is 0 Å². The quantitative estimate of drug-likeness (QED) is 0.287. The minimum atomic E-state index is -1.56. The first-order valence-corrected chi connectivity index (χ1v) is 12.1. The number of carboxylic acids is 1. The van der Waals surface area contributed by atoms with Gasteiger partial charge in [0.05, 0.1) is 24.7 Å². The fourth-order valence-electron chi connectivity index (χ4n) is 4.91. The number of benzene rings is 2. The number of piperidine rings is 1. The zero-order valence-electron chi connectivity index (χ0n) is 20.4. The molecule has 4 rings (SSSR count). The number of ether oxygens (including phenoxy) is 2. The van der Waals surface area contributed by atoms with Crippen LogP contribution in [0.1, 0.15) is 31.2 Å². The molecule has 2 heterocycles. The Morgan fingerprint density at radius 3 is 2.57 bits per heavy atom. The van der Waals surface area contributed by atoms with Gasteiger partial charge >= 0.3 is 5.97 Å². The van der Waals surface area contributed by atoms with Gasteiger partial charge in [0.1, 0.15) is 23.9 Å². The van der Waals surface area contributed by atoms with E-state index in [0.29, 0.717) is 67.4 Å². The Morgan fingerprint density at radius 2 is 1.86 bits per heavy atom. The molecule has 0 saturated carbocycles. The van der Waals surface area contributed by atoms with E-state index in [1.165, 1.54) is 13.3 Å². The lowest BCUT2D eigenvalue weighted by atomic mass is 9.87. The predicted molar refractivity (Wildman–Crippen MR) is 129 cm³/mol. The number of methoxy groups -OCH3 is 1. The number of aromatic nitrogens is 1. The molecule has 1 N–H and O–H groups in total. The van der Waals surface area contributed by atoms with Crippen molar-refractivity contribution >= 4 is 16.9 Å². The van der Waals surface area contributed by atoms with E-state index in [1.54, 1.807) is 18.2 Å². The summed E-state index contributed by atoms with van der Waals surface area (Å²) in [7, 11) is 1.54. The summed E-state index contributed by atoms with van der Waals surface area (Å²) in [6, 6.07) is 6.78. The standard InChI is InChI=1S/C27H28F4N2O4/c1-36-18-5-6-25-21(12-18)20(24(30)15-32-25)4-2-3-17-11-16(27(34)35)7-8-33(17)9-10-37-19-13-22(28)26(31)23(29)14-19/h5-6,12-17H,2-4,7-11H2,1H3,(H,34,35). The van der Waals surface area contributed by atoms with E-state index < -0.39 is 35.2 Å². The lowest BCUT2D eigenvalue weighted by molar-refractivity contribution is -0.144. The number of fused-ring (bicyclic) bond motifs is 1. The number of rotatable bonds is 10. The van der Waals surface area contributed by atoms with E-state index in [1.807, 2.05) is 0 Å². The number of likely N-dealkylation sites (tertiary alicyclic amines) is 1. The predicted octanol–water partition coefficient (Wildman–Crippen LogP) is 5.37. The molecule has 198 valence electrons. The summed E-state index contributed by atoms with van der Waals surface area (Å²) in [6.07, 6.45) is 3.77. The molecule has 0 spiro atoms. The number of carboxylic acid groups (broad SMARTS) is 1. The van der Waals surface area contributed by atoms with E-state index in [4.69, 9.17) is 9.47 Å². The molecule has 3 aromatic rings. The second-order valence-electron chi connectivity index (χ2n) is 9.16. The van der Waals surface area contributed by atoms with Gasteiger partial charge in [-0.3, -0.25) is 14.7 Å². The van der Waals surface area contributed by atoms with E-state index >= 15 is 0 Å². The third-order valence-electron chi connectivity index (χ3n) is 6.89. The van der Waals surface area contributed by atoms with Gasteiger partial charge in [-0.2, -0.15) is 0 Å². The van der Waals surface area contributed by atoms with Crippen LogP contribution in [0, 0.1) is 29.2 Å². The van der Waals surface area contributed by atoms with Crippen molar-refractivity contribution in [1.29, 1.82) is 0 Å². The molecule has 0 aliphatic carbocycles. The van der Waals surface area contributed by atoms with Gasteiger partial charge in [0, 0.05) is 30.1 Å². The summed E-state index contributed by atoms with van der Waals surface area (Å²) < 4.78 is 65.5. The normalized spacial score (nSPS) is 18.2. The van der Waals surface area contributed by atoms with Crippen LogP contribution in [0.2, 0.25) is 0 Å². The number of nitrogens with zero attached hydrogens (tertiary/aromatic N) is 2. The molecule has 10 heteroatoms. The highest BCUT2D eigenvalue weighted by atomic mass is 19.2. The van der Waals surface area contributed by atoms with E-state index in [2.05, 4.69) is 9.88 Å². The third-order valence-corrected chi connectivity index (χ3v) is 6.89. The molecule has 0 radical (unpaired) electrons. The summed E-state index contributed by atoms with van der Waals surface area (Å²) in [6.45, 7) is 0.990. The van der Waals surface area contributed by atoms with E-state index in [-0.39, 0.29) is 18.4 Å². The molecule has 1 saturated heterocycles. The van der Waals surface area contributed by atoms with Gasteiger partial charge in [-0.25, -0.2) is 17.6 Å². The highest BCUT2D eigenvalue weighted by Crippen LogP contribution is 2.29. The molecule has 6 nitrogen and oxygen atoms in total. The number of hydrogen-bond acceptors (Lipinski definition) is 5. The van der Waals surface area contributed by atoms with Crippen LogP contribution in [0.15, 0.2) is 36.5 Å². The molecule has 2 aromatic carbocycles. The van der Waals surface area contributed by atoms with Crippen molar-refractivity contribution in [3.8, 4) is 11.5 Å². The molecule has 1 aliphatic rings. The lowest BCUT2D eigenvalue weighted by Gasteiger charge is -2.38. The van der Waals surface area contributed by atoms with Gasteiger partial charge in [0.2, 0.25) is 0 Å². The highest BCUT2D eigenvalue weighted by molar-refractivity contribution is 5.83. The first-order valence-electron chi connectivity index (χ1n) is 12.1. The Bertz CT molecular complexity index is 1250. The Kier molecular flexibility index (Phi) is 8.48. The van der Waals surface area contributed by atoms with Crippen molar-refractivity contribution in [2.45, 2.75) is 38.1 Å². The van der Waals surface area contributed by atoms with Crippen LogP contribution in [0.4, 0.5) is 17.6 Å². The van der Waals surface area contributed by atoms with Crippen LogP contribution in [0.3, 0.4) is 0 Å². The topological polar surface area (TPSA) is 71.9 Å². The average molecular weight is 521 g/mol. The minimum Gasteiger partial charge on any atom is -0.497 e. The van der Waals surface area contributed by atoms with Crippen LogP contribution in [0.25, 0.3) is 10.9 Å². The van der Waals surface area contributed by atoms with Crippen LogP contribution in [-0.2, 0) is 11.2 Å². The highest BCUT2D eigenvalue weighted by Gasteiger charge is 2.32. The first kappa shape index (κ1) is 26.7. The molecule has 0 bridgehead atoms. The molecule has 1 aliphatic heterocycles. The van der Waals surface area contributed by atoms with Crippen molar-refractivity contribution < 1.29 is 36.9 Å². The van der Waals surface area contributed by atoms with E-state index in [9.17, 15) is 27.5 Å². The van der Waals surface area contributed by atoms with Crippen molar-refractivity contribution in [2.75, 3.05) is 26.8 Å². The average Bonchev–Trinajstić information content (AvgIpc) is 2.88. The van der Waals surface area contributed by atoms with Gasteiger partial charge in [0.15, 0.2) is 17.5 Å². The summed E-state index contributed by atoms with van der Waals surface area (Å²) in [4.78, 5) is 17.9. The SMILES string of the molecule is COc1ccc2ncc(F)c(CCCC3CC(C(=O)O)CCN3CCOc3cc(F)c(F)c(F)c3)c2c1. The summed E-state index contributed by atoms with van der Waals surface area (Å²) >= 11 is 0. The maximum Gasteiger partial charge on any atom is 0.306 e. The third kappa shape index (κ3) is 6.30. The smallest absolute Gasteiger partial charge is 0.306 e. The molecule has 1 aromatic heterocycles. The number of hydrogen-bond donors (Lipinski definition) is 1. The van der Waals surface area contributed by atoms with Gasteiger partial charge in [0.25, 0.3) is 0 Å². The maximum absolute atomic E-state index is 14.7. The Hall–Kier alpha value is -3.40. The van der Waals surface area contributed by atoms with Gasteiger partial charge in [-0.05, 0) is 62.4 Å². The van der Waals surface area contributed by atoms with Crippen molar-refractivity contribution in [1.82, 2.24) is 9.88 Å². The van der Waals surface area contributed by atoms with Gasteiger partial charge in [-0.15, -0.1) is 0 Å². The van der Waals surface area contributed by atoms with E-state index in [0.717, 1.165) is 12.1 Å². The molecule has 37 heavy (non-hydrogen) atoms. The van der Waals surface area contributed by atoms with Crippen LogP contribution >= 0.6 is 0 Å².